The van der Waals surface area contributed by atoms with Crippen LogP contribution in [0.2, 0.25) is 0 Å². The minimum Gasteiger partial charge on any atom is -0.0616 e. The zero-order valence-electron chi connectivity index (χ0n) is 24.2. The van der Waals surface area contributed by atoms with Crippen molar-refractivity contribution in [1.82, 2.24) is 0 Å². The maximum absolute atomic E-state index is 2.43. The Balaban J connectivity index is 1.45. The Morgan fingerprint density at radius 1 is 0.227 bits per heavy atom. The summed E-state index contributed by atoms with van der Waals surface area (Å²) in [6, 6.07) is 62.4. The van der Waals surface area contributed by atoms with Gasteiger partial charge in [-0.3, -0.25) is 0 Å². The lowest BCUT2D eigenvalue weighted by Gasteiger charge is -2.20. The van der Waals surface area contributed by atoms with Crippen molar-refractivity contribution < 1.29 is 0 Å². The Kier molecular flexibility index (Phi) is 5.61. The molecule has 9 rings (SSSR count). The van der Waals surface area contributed by atoms with E-state index in [1.165, 1.54) is 87.2 Å². The Bertz CT molecular complexity index is 2540. The molecule has 204 valence electrons. The second-order valence-corrected chi connectivity index (χ2v) is 11.7. The van der Waals surface area contributed by atoms with Crippen molar-refractivity contribution >= 4 is 53.9 Å². The Labute approximate surface area is 256 Å². The van der Waals surface area contributed by atoms with Gasteiger partial charge < -0.3 is 0 Å². The first-order chi connectivity index (χ1) is 21.8. The van der Waals surface area contributed by atoms with Gasteiger partial charge in [0.25, 0.3) is 0 Å². The van der Waals surface area contributed by atoms with E-state index >= 15 is 0 Å². The van der Waals surface area contributed by atoms with E-state index < -0.39 is 0 Å². The predicted molar refractivity (Wildman–Crippen MR) is 190 cm³/mol. The lowest BCUT2D eigenvalue weighted by molar-refractivity contribution is 1.66. The average Bonchev–Trinajstić information content (AvgIpc) is 3.09. The highest BCUT2D eigenvalue weighted by Gasteiger charge is 2.19. The number of benzene rings is 9. The van der Waals surface area contributed by atoms with Gasteiger partial charge in [-0.15, -0.1) is 0 Å². The maximum atomic E-state index is 2.43. The number of hydrogen-bond acceptors (Lipinski definition) is 0. The molecular formula is C44H28. The van der Waals surface area contributed by atoms with Crippen molar-refractivity contribution in [3.8, 4) is 33.4 Å². The van der Waals surface area contributed by atoms with Gasteiger partial charge in [-0.2, -0.15) is 0 Å². The molecule has 0 unspecified atom stereocenters. The van der Waals surface area contributed by atoms with Crippen LogP contribution < -0.4 is 0 Å². The minimum atomic E-state index is 1.23. The molecule has 0 saturated carbocycles. The van der Waals surface area contributed by atoms with E-state index in [0.717, 1.165) is 0 Å². The summed E-state index contributed by atoms with van der Waals surface area (Å²) in [6.07, 6.45) is 0. The van der Waals surface area contributed by atoms with Gasteiger partial charge in [-0.25, -0.2) is 0 Å². The minimum absolute atomic E-state index is 1.23. The van der Waals surface area contributed by atoms with Crippen LogP contribution >= 0.6 is 0 Å². The van der Waals surface area contributed by atoms with Crippen LogP contribution in [0.25, 0.3) is 87.2 Å². The summed E-state index contributed by atoms with van der Waals surface area (Å²) in [6.45, 7) is 0. The third-order valence-electron chi connectivity index (χ3n) is 9.22. The highest BCUT2D eigenvalue weighted by atomic mass is 14.2. The first kappa shape index (κ1) is 24.8. The predicted octanol–water partition coefficient (Wildman–Crippen LogP) is 12.5. The summed E-state index contributed by atoms with van der Waals surface area (Å²) in [5.41, 5.74) is 7.58. The lowest BCUT2D eigenvalue weighted by Crippen LogP contribution is -1.93. The highest BCUT2D eigenvalue weighted by molar-refractivity contribution is 6.24. The van der Waals surface area contributed by atoms with Crippen molar-refractivity contribution in [2.75, 3.05) is 0 Å². The van der Waals surface area contributed by atoms with E-state index in [1.54, 1.807) is 0 Å². The maximum Gasteiger partial charge on any atom is -0.00201 e. The highest BCUT2D eigenvalue weighted by Crippen LogP contribution is 2.47. The van der Waals surface area contributed by atoms with Gasteiger partial charge in [0.2, 0.25) is 0 Å². The topological polar surface area (TPSA) is 0 Å². The van der Waals surface area contributed by atoms with E-state index in [4.69, 9.17) is 0 Å². The molecule has 0 aliphatic carbocycles. The van der Waals surface area contributed by atoms with Crippen LogP contribution in [0.3, 0.4) is 0 Å². The third-order valence-corrected chi connectivity index (χ3v) is 9.22. The molecule has 0 fully saturated rings. The van der Waals surface area contributed by atoms with Gasteiger partial charge in [0.15, 0.2) is 0 Å². The van der Waals surface area contributed by atoms with E-state index in [1.807, 2.05) is 0 Å². The van der Waals surface area contributed by atoms with Crippen LogP contribution in [0.4, 0.5) is 0 Å². The number of hydrogen-bond donors (Lipinski definition) is 0. The van der Waals surface area contributed by atoms with Crippen molar-refractivity contribution in [3.63, 3.8) is 0 Å². The Morgan fingerprint density at radius 3 is 1.45 bits per heavy atom. The molecule has 0 aromatic heterocycles. The van der Waals surface area contributed by atoms with Crippen molar-refractivity contribution in [2.45, 2.75) is 0 Å². The number of rotatable bonds is 3. The molecular weight excluding hydrogens is 528 g/mol. The fraction of sp³-hybridized carbons (Fsp3) is 0. The zero-order valence-corrected chi connectivity index (χ0v) is 24.2. The molecule has 44 heavy (non-hydrogen) atoms. The fourth-order valence-corrected chi connectivity index (χ4v) is 7.21. The molecule has 0 heterocycles. The van der Waals surface area contributed by atoms with Crippen molar-refractivity contribution in [3.05, 3.63) is 170 Å². The number of fused-ring (bicyclic) bond motifs is 5. The second kappa shape index (κ2) is 9.93. The quantitative estimate of drug-likeness (QED) is 0.190. The standard InChI is InChI=1S/C44H28/c1-2-14-32-27-34(24-23-29(32)11-1)43-39-19-7-8-20-40(39)44(38-22-10-16-31-13-4-6-18-36(31)38)41-26-25-33(28-42(41)43)37-21-9-15-30-12-3-5-17-35(30)37/h1-28H. The van der Waals surface area contributed by atoms with E-state index in [-0.39, 0.29) is 0 Å². The molecule has 0 amide bonds. The van der Waals surface area contributed by atoms with E-state index in [2.05, 4.69) is 170 Å². The molecule has 0 N–H and O–H groups in total. The summed E-state index contributed by atoms with van der Waals surface area (Å²) < 4.78 is 0. The monoisotopic (exact) mass is 556 g/mol. The molecule has 0 spiro atoms. The van der Waals surface area contributed by atoms with Crippen LogP contribution in [-0.4, -0.2) is 0 Å². The molecule has 0 aliphatic rings. The SMILES string of the molecule is c1ccc2cc(-c3c4ccccc4c(-c4cccc5ccccc45)c4ccc(-c5cccc6ccccc56)cc34)ccc2c1. The van der Waals surface area contributed by atoms with Gasteiger partial charge in [-0.05, 0) is 99.4 Å². The summed E-state index contributed by atoms with van der Waals surface area (Å²) in [5.74, 6) is 0. The molecule has 9 aromatic carbocycles. The normalized spacial score (nSPS) is 11.6. The molecule has 0 nitrogen and oxygen atoms in total. The Hall–Kier alpha value is -5.72. The summed E-state index contributed by atoms with van der Waals surface area (Å²) in [5, 5.41) is 12.7. The van der Waals surface area contributed by atoms with Gasteiger partial charge >= 0.3 is 0 Å². The molecule has 0 radical (unpaired) electrons. The first-order valence-electron chi connectivity index (χ1n) is 15.3. The molecule has 0 aliphatic heterocycles. The van der Waals surface area contributed by atoms with Crippen LogP contribution in [0, 0.1) is 0 Å². The van der Waals surface area contributed by atoms with Gasteiger partial charge in [0, 0.05) is 0 Å². The zero-order chi connectivity index (χ0) is 29.0. The fourth-order valence-electron chi connectivity index (χ4n) is 7.21. The molecule has 0 atom stereocenters. The molecule has 0 bridgehead atoms. The Morgan fingerprint density at radius 2 is 0.727 bits per heavy atom. The molecule has 9 aromatic rings. The van der Waals surface area contributed by atoms with Crippen LogP contribution in [0.1, 0.15) is 0 Å². The summed E-state index contributed by atoms with van der Waals surface area (Å²) in [4.78, 5) is 0. The smallest absolute Gasteiger partial charge is 0.00201 e. The van der Waals surface area contributed by atoms with E-state index in [9.17, 15) is 0 Å². The molecule has 0 heteroatoms. The second-order valence-electron chi connectivity index (χ2n) is 11.7. The van der Waals surface area contributed by atoms with Crippen LogP contribution in [0.15, 0.2) is 170 Å². The van der Waals surface area contributed by atoms with Crippen molar-refractivity contribution in [1.29, 1.82) is 0 Å². The van der Waals surface area contributed by atoms with E-state index in [0.29, 0.717) is 0 Å². The lowest BCUT2D eigenvalue weighted by atomic mass is 9.83. The average molecular weight is 557 g/mol. The van der Waals surface area contributed by atoms with Crippen LogP contribution in [-0.2, 0) is 0 Å². The van der Waals surface area contributed by atoms with Crippen LogP contribution in [0.5, 0.6) is 0 Å². The summed E-state index contributed by atoms with van der Waals surface area (Å²) >= 11 is 0. The molecule has 0 saturated heterocycles. The third kappa shape index (κ3) is 3.85. The van der Waals surface area contributed by atoms with Gasteiger partial charge in [0.1, 0.15) is 0 Å². The van der Waals surface area contributed by atoms with Gasteiger partial charge in [-0.1, -0.05) is 158 Å². The largest absolute Gasteiger partial charge is 0.0616 e. The van der Waals surface area contributed by atoms with Gasteiger partial charge in [0.05, 0.1) is 0 Å². The first-order valence-corrected chi connectivity index (χ1v) is 15.3. The van der Waals surface area contributed by atoms with Crippen molar-refractivity contribution in [2.24, 2.45) is 0 Å². The summed E-state index contributed by atoms with van der Waals surface area (Å²) in [7, 11) is 0.